The standard InChI is InChI=1S/C12H15F2NO/c1-8-5-6-16-11(7-15-8)9-3-2-4-10(13)12(9)14/h2-4,8,11,15H,5-7H2,1H3. The number of halogens is 2. The summed E-state index contributed by atoms with van der Waals surface area (Å²) in [5.74, 6) is -1.62. The minimum atomic E-state index is -0.821. The van der Waals surface area contributed by atoms with Crippen LogP contribution in [-0.4, -0.2) is 19.2 Å². The van der Waals surface area contributed by atoms with Crippen molar-refractivity contribution in [2.24, 2.45) is 0 Å². The van der Waals surface area contributed by atoms with E-state index in [1.165, 1.54) is 6.07 Å². The molecule has 2 nitrogen and oxygen atoms in total. The quantitative estimate of drug-likeness (QED) is 0.795. The minimum absolute atomic E-state index is 0.293. The third kappa shape index (κ3) is 2.39. The summed E-state index contributed by atoms with van der Waals surface area (Å²) < 4.78 is 32.1. The van der Waals surface area contributed by atoms with E-state index < -0.39 is 17.7 Å². The Morgan fingerprint density at radius 1 is 1.38 bits per heavy atom. The number of ether oxygens (including phenoxy) is 1. The van der Waals surface area contributed by atoms with Crippen molar-refractivity contribution in [2.45, 2.75) is 25.5 Å². The van der Waals surface area contributed by atoms with E-state index in [0.29, 0.717) is 24.8 Å². The summed E-state index contributed by atoms with van der Waals surface area (Å²) in [7, 11) is 0. The highest BCUT2D eigenvalue weighted by molar-refractivity contribution is 5.22. The van der Waals surface area contributed by atoms with E-state index in [0.717, 1.165) is 12.5 Å². The van der Waals surface area contributed by atoms with Crippen LogP contribution in [0.3, 0.4) is 0 Å². The SMILES string of the molecule is CC1CCOC(c2cccc(F)c2F)CN1. The maximum atomic E-state index is 13.5. The zero-order valence-electron chi connectivity index (χ0n) is 9.17. The Bertz CT molecular complexity index is 370. The normalized spacial score (nSPS) is 26.4. The van der Waals surface area contributed by atoms with Crippen LogP contribution >= 0.6 is 0 Å². The molecule has 2 atom stereocenters. The molecule has 0 bridgehead atoms. The van der Waals surface area contributed by atoms with Gasteiger partial charge in [0, 0.05) is 24.8 Å². The Labute approximate surface area is 93.6 Å². The number of benzene rings is 1. The molecule has 1 heterocycles. The lowest BCUT2D eigenvalue weighted by Gasteiger charge is -2.16. The van der Waals surface area contributed by atoms with Crippen LogP contribution in [0.4, 0.5) is 8.78 Å². The zero-order chi connectivity index (χ0) is 11.5. The molecule has 1 aliphatic rings. The van der Waals surface area contributed by atoms with Crippen LogP contribution in [0.15, 0.2) is 18.2 Å². The summed E-state index contributed by atoms with van der Waals surface area (Å²) >= 11 is 0. The molecule has 1 aromatic rings. The van der Waals surface area contributed by atoms with Crippen LogP contribution in [0, 0.1) is 11.6 Å². The highest BCUT2D eigenvalue weighted by atomic mass is 19.2. The van der Waals surface area contributed by atoms with Gasteiger partial charge in [0.2, 0.25) is 0 Å². The fourth-order valence-electron chi connectivity index (χ4n) is 1.83. The molecule has 2 unspecified atom stereocenters. The van der Waals surface area contributed by atoms with E-state index in [1.54, 1.807) is 6.07 Å². The Balaban J connectivity index is 2.20. The van der Waals surface area contributed by atoms with Gasteiger partial charge in [0.25, 0.3) is 0 Å². The highest BCUT2D eigenvalue weighted by Crippen LogP contribution is 2.23. The zero-order valence-corrected chi connectivity index (χ0v) is 9.17. The van der Waals surface area contributed by atoms with Gasteiger partial charge in [0.1, 0.15) is 0 Å². The lowest BCUT2D eigenvalue weighted by molar-refractivity contribution is 0.0634. The first-order valence-corrected chi connectivity index (χ1v) is 5.47. The molecule has 4 heteroatoms. The Morgan fingerprint density at radius 3 is 3.00 bits per heavy atom. The van der Waals surface area contributed by atoms with Gasteiger partial charge in [-0.05, 0) is 19.4 Å². The molecule has 0 aromatic heterocycles. The molecule has 0 saturated carbocycles. The van der Waals surface area contributed by atoms with Gasteiger partial charge in [-0.1, -0.05) is 12.1 Å². The first-order valence-electron chi connectivity index (χ1n) is 5.47. The van der Waals surface area contributed by atoms with Gasteiger partial charge in [-0.3, -0.25) is 0 Å². The first kappa shape index (κ1) is 11.5. The lowest BCUT2D eigenvalue weighted by Crippen LogP contribution is -2.28. The highest BCUT2D eigenvalue weighted by Gasteiger charge is 2.21. The number of rotatable bonds is 1. The average molecular weight is 227 g/mol. The minimum Gasteiger partial charge on any atom is -0.372 e. The maximum absolute atomic E-state index is 13.5. The van der Waals surface area contributed by atoms with Gasteiger partial charge >= 0.3 is 0 Å². The van der Waals surface area contributed by atoms with E-state index in [9.17, 15) is 8.78 Å². The largest absolute Gasteiger partial charge is 0.372 e. The predicted molar refractivity (Wildman–Crippen MR) is 57.1 cm³/mol. The van der Waals surface area contributed by atoms with Crippen LogP contribution < -0.4 is 5.32 Å². The van der Waals surface area contributed by atoms with Crippen molar-refractivity contribution in [3.05, 3.63) is 35.4 Å². The molecule has 0 spiro atoms. The topological polar surface area (TPSA) is 21.3 Å². The second kappa shape index (κ2) is 4.89. The van der Waals surface area contributed by atoms with Crippen LogP contribution in [0.2, 0.25) is 0 Å². The molecule has 88 valence electrons. The molecule has 2 rings (SSSR count). The van der Waals surface area contributed by atoms with Gasteiger partial charge in [0.15, 0.2) is 11.6 Å². The third-order valence-corrected chi connectivity index (χ3v) is 2.85. The van der Waals surface area contributed by atoms with E-state index >= 15 is 0 Å². The van der Waals surface area contributed by atoms with Crippen molar-refractivity contribution in [1.82, 2.24) is 5.32 Å². The number of nitrogens with one attached hydrogen (secondary N) is 1. The van der Waals surface area contributed by atoms with Crippen LogP contribution in [0.25, 0.3) is 0 Å². The van der Waals surface area contributed by atoms with Crippen molar-refractivity contribution in [2.75, 3.05) is 13.2 Å². The lowest BCUT2D eigenvalue weighted by atomic mass is 10.1. The summed E-state index contributed by atoms with van der Waals surface area (Å²) in [5, 5.41) is 3.23. The number of hydrogen-bond donors (Lipinski definition) is 1. The molecule has 1 N–H and O–H groups in total. The van der Waals surface area contributed by atoms with Gasteiger partial charge in [-0.25, -0.2) is 8.78 Å². The van der Waals surface area contributed by atoms with Crippen molar-refractivity contribution in [1.29, 1.82) is 0 Å². The Kier molecular flexibility index (Phi) is 3.51. The fraction of sp³-hybridized carbons (Fsp3) is 0.500. The van der Waals surface area contributed by atoms with Gasteiger partial charge in [0.05, 0.1) is 6.10 Å². The smallest absolute Gasteiger partial charge is 0.164 e. The molecule has 0 radical (unpaired) electrons. The summed E-state index contributed by atoms with van der Waals surface area (Å²) in [6.45, 7) is 3.13. The molecule has 1 saturated heterocycles. The van der Waals surface area contributed by atoms with Crippen molar-refractivity contribution < 1.29 is 13.5 Å². The molecular formula is C12H15F2NO. The van der Waals surface area contributed by atoms with Crippen LogP contribution in [-0.2, 0) is 4.74 Å². The summed E-state index contributed by atoms with van der Waals surface area (Å²) in [6, 6.07) is 4.54. The second-order valence-corrected chi connectivity index (χ2v) is 4.10. The second-order valence-electron chi connectivity index (χ2n) is 4.10. The van der Waals surface area contributed by atoms with Crippen molar-refractivity contribution >= 4 is 0 Å². The Morgan fingerprint density at radius 2 is 2.19 bits per heavy atom. The monoisotopic (exact) mass is 227 g/mol. The number of hydrogen-bond acceptors (Lipinski definition) is 2. The predicted octanol–water partition coefficient (Wildman–Crippen LogP) is 2.40. The van der Waals surface area contributed by atoms with E-state index in [-0.39, 0.29) is 0 Å². The van der Waals surface area contributed by atoms with Gasteiger partial charge < -0.3 is 10.1 Å². The average Bonchev–Trinajstić information content (AvgIpc) is 2.47. The maximum Gasteiger partial charge on any atom is 0.164 e. The molecular weight excluding hydrogens is 212 g/mol. The van der Waals surface area contributed by atoms with Gasteiger partial charge in [-0.15, -0.1) is 0 Å². The third-order valence-electron chi connectivity index (χ3n) is 2.85. The summed E-state index contributed by atoms with van der Waals surface area (Å²) in [6.07, 6.45) is 0.480. The van der Waals surface area contributed by atoms with Crippen LogP contribution in [0.1, 0.15) is 25.0 Å². The Hall–Kier alpha value is -1.00. The molecule has 1 aromatic carbocycles. The summed E-state index contributed by atoms with van der Waals surface area (Å²) in [5.41, 5.74) is 0.293. The van der Waals surface area contributed by atoms with E-state index in [1.807, 2.05) is 6.92 Å². The molecule has 1 fully saturated rings. The summed E-state index contributed by atoms with van der Waals surface area (Å²) in [4.78, 5) is 0. The van der Waals surface area contributed by atoms with E-state index in [4.69, 9.17) is 4.74 Å². The fourth-order valence-corrected chi connectivity index (χ4v) is 1.83. The van der Waals surface area contributed by atoms with Crippen LogP contribution in [0.5, 0.6) is 0 Å². The first-order chi connectivity index (χ1) is 7.68. The van der Waals surface area contributed by atoms with Crippen molar-refractivity contribution in [3.8, 4) is 0 Å². The molecule has 1 aliphatic heterocycles. The molecule has 0 amide bonds. The van der Waals surface area contributed by atoms with Gasteiger partial charge in [-0.2, -0.15) is 0 Å². The molecule has 0 aliphatic carbocycles. The molecule has 16 heavy (non-hydrogen) atoms. The van der Waals surface area contributed by atoms with E-state index in [2.05, 4.69) is 5.32 Å². The van der Waals surface area contributed by atoms with Crippen molar-refractivity contribution in [3.63, 3.8) is 0 Å².